The number of rotatable bonds is 4. The first-order valence-electron chi connectivity index (χ1n) is 7.02. The lowest BCUT2D eigenvalue weighted by atomic mass is 9.98. The van der Waals surface area contributed by atoms with Crippen LogP contribution in [0.3, 0.4) is 0 Å². The summed E-state index contributed by atoms with van der Waals surface area (Å²) in [6.07, 6.45) is 2.09. The minimum Gasteiger partial charge on any atom is -0.486 e. The molecule has 2 aromatic rings. The molecule has 0 radical (unpaired) electrons. The predicted octanol–water partition coefficient (Wildman–Crippen LogP) is 3.49. The molecule has 1 N–H and O–H groups in total. The van der Waals surface area contributed by atoms with Crippen LogP contribution in [-0.4, -0.2) is 26.5 Å². The van der Waals surface area contributed by atoms with Crippen LogP contribution in [0.15, 0.2) is 47.4 Å². The van der Waals surface area contributed by atoms with Crippen molar-refractivity contribution in [3.63, 3.8) is 0 Å². The average Bonchev–Trinajstić information content (AvgIpc) is 2.56. The Kier molecular flexibility index (Phi) is 4.36. The van der Waals surface area contributed by atoms with E-state index in [9.17, 15) is 0 Å². The summed E-state index contributed by atoms with van der Waals surface area (Å²) in [5.41, 5.74) is 2.42. The normalized spacial score (nSPS) is 14.8. The molecular formula is C17H19NO2S. The highest BCUT2D eigenvalue weighted by molar-refractivity contribution is 7.98. The molecular weight excluding hydrogens is 282 g/mol. The minimum absolute atomic E-state index is 0.150. The van der Waals surface area contributed by atoms with Crippen molar-refractivity contribution in [2.45, 2.75) is 10.9 Å². The molecule has 0 saturated heterocycles. The number of nitrogens with one attached hydrogen (secondary N) is 1. The van der Waals surface area contributed by atoms with Gasteiger partial charge in [-0.3, -0.25) is 0 Å². The number of benzene rings is 2. The molecule has 1 unspecified atom stereocenters. The van der Waals surface area contributed by atoms with Gasteiger partial charge >= 0.3 is 0 Å². The molecule has 0 saturated carbocycles. The van der Waals surface area contributed by atoms with E-state index < -0.39 is 0 Å². The van der Waals surface area contributed by atoms with Gasteiger partial charge in [-0.1, -0.05) is 18.2 Å². The molecule has 110 valence electrons. The molecule has 0 aromatic heterocycles. The van der Waals surface area contributed by atoms with E-state index >= 15 is 0 Å². The molecule has 3 rings (SSSR count). The number of ether oxygens (including phenoxy) is 2. The van der Waals surface area contributed by atoms with E-state index in [2.05, 4.69) is 48.0 Å². The summed E-state index contributed by atoms with van der Waals surface area (Å²) in [5, 5.41) is 3.38. The van der Waals surface area contributed by atoms with Gasteiger partial charge in [0.05, 0.1) is 6.04 Å². The summed E-state index contributed by atoms with van der Waals surface area (Å²) in [5.74, 6) is 1.66. The fraction of sp³-hybridized carbons (Fsp3) is 0.294. The van der Waals surface area contributed by atoms with Crippen LogP contribution < -0.4 is 14.8 Å². The molecule has 0 bridgehead atoms. The molecule has 1 aliphatic heterocycles. The van der Waals surface area contributed by atoms with Gasteiger partial charge in [0.25, 0.3) is 0 Å². The van der Waals surface area contributed by atoms with E-state index in [-0.39, 0.29) is 6.04 Å². The molecule has 0 spiro atoms. The van der Waals surface area contributed by atoms with Crippen LogP contribution in [0.5, 0.6) is 11.5 Å². The van der Waals surface area contributed by atoms with Crippen LogP contribution >= 0.6 is 11.8 Å². The highest BCUT2D eigenvalue weighted by atomic mass is 32.2. The van der Waals surface area contributed by atoms with Crippen molar-refractivity contribution in [1.29, 1.82) is 0 Å². The number of thioether (sulfide) groups is 1. The van der Waals surface area contributed by atoms with Gasteiger partial charge in [-0.25, -0.2) is 0 Å². The zero-order valence-corrected chi connectivity index (χ0v) is 13.1. The Balaban J connectivity index is 1.91. The fourth-order valence-electron chi connectivity index (χ4n) is 2.56. The van der Waals surface area contributed by atoms with Crippen LogP contribution in [0.25, 0.3) is 0 Å². The second-order valence-electron chi connectivity index (χ2n) is 4.90. The Hall–Kier alpha value is -1.65. The predicted molar refractivity (Wildman–Crippen MR) is 86.6 cm³/mol. The van der Waals surface area contributed by atoms with Crippen molar-refractivity contribution >= 4 is 11.8 Å². The van der Waals surface area contributed by atoms with Crippen molar-refractivity contribution < 1.29 is 9.47 Å². The molecule has 1 atom stereocenters. The molecule has 1 aliphatic rings. The van der Waals surface area contributed by atoms with Crippen molar-refractivity contribution in [2.24, 2.45) is 0 Å². The van der Waals surface area contributed by atoms with Crippen molar-refractivity contribution in [2.75, 3.05) is 26.5 Å². The molecule has 21 heavy (non-hydrogen) atoms. The topological polar surface area (TPSA) is 30.5 Å². The molecule has 3 nitrogen and oxygen atoms in total. The summed E-state index contributed by atoms with van der Waals surface area (Å²) < 4.78 is 11.3. The van der Waals surface area contributed by atoms with Crippen LogP contribution in [0.1, 0.15) is 17.2 Å². The monoisotopic (exact) mass is 301 g/mol. The van der Waals surface area contributed by atoms with E-state index in [1.165, 1.54) is 16.0 Å². The van der Waals surface area contributed by atoms with Crippen LogP contribution in [0, 0.1) is 0 Å². The molecule has 0 amide bonds. The fourth-order valence-corrected chi connectivity index (χ4v) is 2.97. The molecule has 0 fully saturated rings. The lowest BCUT2D eigenvalue weighted by molar-refractivity contribution is 0.171. The summed E-state index contributed by atoms with van der Waals surface area (Å²) >= 11 is 1.75. The average molecular weight is 301 g/mol. The Morgan fingerprint density at radius 2 is 1.62 bits per heavy atom. The standard InChI is InChI=1S/C17H19NO2S/c1-18-17(12-3-6-14(21-2)7-4-12)13-5-8-15-16(11-13)20-10-9-19-15/h3-8,11,17-18H,9-10H2,1-2H3. The van der Waals surface area contributed by atoms with Crippen LogP contribution in [0.2, 0.25) is 0 Å². The van der Waals surface area contributed by atoms with Crippen molar-refractivity contribution in [1.82, 2.24) is 5.32 Å². The van der Waals surface area contributed by atoms with E-state index in [1.807, 2.05) is 13.1 Å². The molecule has 0 aliphatic carbocycles. The molecule has 4 heteroatoms. The lowest BCUT2D eigenvalue weighted by Crippen LogP contribution is -2.19. The molecule has 1 heterocycles. The van der Waals surface area contributed by atoms with Gasteiger partial charge in [0.2, 0.25) is 0 Å². The summed E-state index contributed by atoms with van der Waals surface area (Å²) in [4.78, 5) is 1.27. The van der Waals surface area contributed by atoms with Gasteiger partial charge in [0.15, 0.2) is 11.5 Å². The van der Waals surface area contributed by atoms with E-state index in [0.29, 0.717) is 13.2 Å². The Morgan fingerprint density at radius 3 is 2.29 bits per heavy atom. The summed E-state index contributed by atoms with van der Waals surface area (Å²) in [6, 6.07) is 15.0. The van der Waals surface area contributed by atoms with Crippen LogP contribution in [0.4, 0.5) is 0 Å². The first-order valence-corrected chi connectivity index (χ1v) is 8.25. The highest BCUT2D eigenvalue weighted by Crippen LogP contribution is 2.34. The third-order valence-corrected chi connectivity index (χ3v) is 4.38. The lowest BCUT2D eigenvalue weighted by Gasteiger charge is -2.22. The Morgan fingerprint density at radius 1 is 0.952 bits per heavy atom. The Bertz CT molecular complexity index is 613. The summed E-state index contributed by atoms with van der Waals surface area (Å²) in [7, 11) is 1.98. The zero-order valence-electron chi connectivity index (χ0n) is 12.3. The number of fused-ring (bicyclic) bond motifs is 1. The Labute approximate surface area is 129 Å². The van der Waals surface area contributed by atoms with E-state index in [0.717, 1.165) is 11.5 Å². The first kappa shape index (κ1) is 14.3. The second kappa shape index (κ2) is 6.41. The third-order valence-electron chi connectivity index (χ3n) is 3.64. The zero-order chi connectivity index (χ0) is 14.7. The maximum absolute atomic E-state index is 5.68. The second-order valence-corrected chi connectivity index (χ2v) is 5.78. The first-order chi connectivity index (χ1) is 10.3. The van der Waals surface area contributed by atoms with Gasteiger partial charge in [0.1, 0.15) is 13.2 Å². The van der Waals surface area contributed by atoms with Gasteiger partial charge in [0, 0.05) is 4.90 Å². The van der Waals surface area contributed by atoms with Gasteiger partial charge in [-0.15, -0.1) is 11.8 Å². The van der Waals surface area contributed by atoms with E-state index in [4.69, 9.17) is 9.47 Å². The minimum atomic E-state index is 0.150. The molecule has 2 aromatic carbocycles. The SMILES string of the molecule is CNC(c1ccc(SC)cc1)c1ccc2c(c1)OCCO2. The van der Waals surface area contributed by atoms with Gasteiger partial charge in [-0.05, 0) is 48.7 Å². The van der Waals surface area contributed by atoms with E-state index in [1.54, 1.807) is 11.8 Å². The van der Waals surface area contributed by atoms with Crippen molar-refractivity contribution in [3.05, 3.63) is 53.6 Å². The number of hydrogen-bond acceptors (Lipinski definition) is 4. The smallest absolute Gasteiger partial charge is 0.161 e. The quantitative estimate of drug-likeness (QED) is 0.876. The van der Waals surface area contributed by atoms with Crippen molar-refractivity contribution in [3.8, 4) is 11.5 Å². The van der Waals surface area contributed by atoms with Crippen LogP contribution in [-0.2, 0) is 0 Å². The maximum atomic E-state index is 5.68. The maximum Gasteiger partial charge on any atom is 0.161 e. The van der Waals surface area contributed by atoms with Gasteiger partial charge in [-0.2, -0.15) is 0 Å². The number of hydrogen-bond donors (Lipinski definition) is 1. The van der Waals surface area contributed by atoms with Gasteiger partial charge < -0.3 is 14.8 Å². The highest BCUT2D eigenvalue weighted by Gasteiger charge is 2.17. The summed E-state index contributed by atoms with van der Waals surface area (Å²) in [6.45, 7) is 1.24. The third kappa shape index (κ3) is 3.01. The largest absolute Gasteiger partial charge is 0.486 e.